The Morgan fingerprint density at radius 2 is 1.96 bits per heavy atom. The average Bonchev–Trinajstić information content (AvgIpc) is 3.13. The van der Waals surface area contributed by atoms with Crippen LogP contribution < -0.4 is 0 Å². The maximum atomic E-state index is 13.1. The zero-order chi connectivity index (χ0) is 19.2. The molecule has 0 atom stereocenters. The minimum Gasteiger partial charge on any atom is -0.327 e. The minimum atomic E-state index is -0.162. The Balaban J connectivity index is 1.85. The number of rotatable bonds is 7. The number of amides is 1. The van der Waals surface area contributed by atoms with Crippen molar-refractivity contribution in [1.82, 2.24) is 20.1 Å². The fraction of sp³-hybridized carbons (Fsp3) is 0.250. The van der Waals surface area contributed by atoms with Gasteiger partial charge in [0, 0.05) is 18.4 Å². The van der Waals surface area contributed by atoms with Crippen LogP contribution in [0.25, 0.3) is 0 Å². The fourth-order valence-electron chi connectivity index (χ4n) is 2.78. The number of carbonyl (C=O) groups excluding carboxylic acids is 1. The maximum Gasteiger partial charge on any atom is 0.275 e. The van der Waals surface area contributed by atoms with Crippen LogP contribution in [0.4, 0.5) is 0 Å². The van der Waals surface area contributed by atoms with Gasteiger partial charge in [0.1, 0.15) is 5.69 Å². The summed E-state index contributed by atoms with van der Waals surface area (Å²) >= 11 is 12.1. The average molecular weight is 403 g/mol. The third kappa shape index (κ3) is 5.08. The smallest absolute Gasteiger partial charge is 0.275 e. The zero-order valence-electron chi connectivity index (χ0n) is 15.0. The van der Waals surface area contributed by atoms with Gasteiger partial charge in [-0.05, 0) is 42.3 Å². The van der Waals surface area contributed by atoms with Gasteiger partial charge in [-0.1, -0.05) is 48.7 Å². The number of nitrogens with zero attached hydrogens (tertiary/aromatic N) is 3. The summed E-state index contributed by atoms with van der Waals surface area (Å²) in [5, 5.41) is 8.07. The molecule has 0 radical (unpaired) electrons. The molecular weight excluding hydrogens is 383 g/mol. The molecule has 0 saturated heterocycles. The molecule has 27 heavy (non-hydrogen) atoms. The molecule has 0 aliphatic heterocycles. The minimum absolute atomic E-state index is 0.162. The highest BCUT2D eigenvalue weighted by Gasteiger charge is 2.20. The van der Waals surface area contributed by atoms with Crippen molar-refractivity contribution in [3.05, 3.63) is 81.4 Å². The van der Waals surface area contributed by atoms with E-state index in [0.717, 1.165) is 29.8 Å². The van der Waals surface area contributed by atoms with E-state index in [0.29, 0.717) is 28.8 Å². The molecule has 140 valence electrons. The van der Waals surface area contributed by atoms with Crippen LogP contribution in [0.5, 0.6) is 0 Å². The summed E-state index contributed by atoms with van der Waals surface area (Å²) in [6, 6.07) is 12.8. The van der Waals surface area contributed by atoms with Crippen molar-refractivity contribution >= 4 is 29.1 Å². The summed E-state index contributed by atoms with van der Waals surface area (Å²) in [4.78, 5) is 19.1. The second-order valence-electron chi connectivity index (χ2n) is 6.26. The Kier molecular flexibility index (Phi) is 6.48. The number of aromatic nitrogens is 3. The van der Waals surface area contributed by atoms with E-state index in [9.17, 15) is 4.79 Å². The third-order valence-corrected chi connectivity index (χ3v) is 4.83. The molecule has 1 aromatic carbocycles. The van der Waals surface area contributed by atoms with Crippen molar-refractivity contribution in [2.45, 2.75) is 32.9 Å². The van der Waals surface area contributed by atoms with E-state index >= 15 is 0 Å². The van der Waals surface area contributed by atoms with Crippen LogP contribution in [0.2, 0.25) is 10.0 Å². The molecule has 3 aromatic rings. The molecule has 0 bridgehead atoms. The topological polar surface area (TPSA) is 61.9 Å². The van der Waals surface area contributed by atoms with Gasteiger partial charge in [-0.25, -0.2) is 0 Å². The van der Waals surface area contributed by atoms with Crippen molar-refractivity contribution < 1.29 is 4.79 Å². The number of H-pyrrole nitrogens is 1. The molecule has 0 fully saturated rings. The van der Waals surface area contributed by atoms with Gasteiger partial charge < -0.3 is 4.90 Å². The summed E-state index contributed by atoms with van der Waals surface area (Å²) in [7, 11) is 0. The first-order chi connectivity index (χ1) is 13.1. The van der Waals surface area contributed by atoms with Gasteiger partial charge in [0.25, 0.3) is 5.91 Å². The highest BCUT2D eigenvalue weighted by Crippen LogP contribution is 2.24. The maximum absolute atomic E-state index is 13.1. The Labute approximate surface area is 168 Å². The molecule has 0 aliphatic rings. The number of aryl methyl sites for hydroxylation is 1. The molecule has 0 aliphatic carbocycles. The molecule has 2 aromatic heterocycles. The van der Waals surface area contributed by atoms with Gasteiger partial charge in [0.2, 0.25) is 0 Å². The monoisotopic (exact) mass is 402 g/mol. The fourth-order valence-corrected chi connectivity index (χ4v) is 3.10. The van der Waals surface area contributed by atoms with Gasteiger partial charge in [-0.3, -0.25) is 14.9 Å². The molecule has 0 unspecified atom stereocenters. The van der Waals surface area contributed by atoms with Crippen molar-refractivity contribution in [3.8, 4) is 0 Å². The largest absolute Gasteiger partial charge is 0.327 e. The predicted molar refractivity (Wildman–Crippen MR) is 107 cm³/mol. The lowest BCUT2D eigenvalue weighted by molar-refractivity contribution is 0.0722. The molecule has 0 spiro atoms. The van der Waals surface area contributed by atoms with E-state index in [4.69, 9.17) is 23.2 Å². The number of pyridine rings is 1. The molecule has 0 saturated carbocycles. The number of benzene rings is 1. The van der Waals surface area contributed by atoms with Crippen LogP contribution >= 0.6 is 23.2 Å². The summed E-state index contributed by atoms with van der Waals surface area (Å²) in [5.41, 5.74) is 3.04. The van der Waals surface area contributed by atoms with Crippen LogP contribution in [0.15, 0.2) is 48.7 Å². The van der Waals surface area contributed by atoms with E-state index in [1.54, 1.807) is 23.2 Å². The number of aromatic amines is 1. The lowest BCUT2D eigenvalue weighted by atomic mass is 10.2. The van der Waals surface area contributed by atoms with Gasteiger partial charge in [-0.2, -0.15) is 5.10 Å². The second kappa shape index (κ2) is 9.02. The summed E-state index contributed by atoms with van der Waals surface area (Å²) < 4.78 is 0. The highest BCUT2D eigenvalue weighted by atomic mass is 35.5. The lowest BCUT2D eigenvalue weighted by Crippen LogP contribution is -2.30. The number of halogens is 2. The summed E-state index contributed by atoms with van der Waals surface area (Å²) in [5.74, 6) is -0.162. The van der Waals surface area contributed by atoms with Gasteiger partial charge in [0.05, 0.1) is 22.3 Å². The highest BCUT2D eigenvalue weighted by molar-refractivity contribution is 6.42. The zero-order valence-corrected chi connectivity index (χ0v) is 16.5. The Hall–Kier alpha value is -2.37. The summed E-state index contributed by atoms with van der Waals surface area (Å²) in [6.07, 6.45) is 3.55. The first kappa shape index (κ1) is 19.4. The third-order valence-electron chi connectivity index (χ3n) is 4.09. The van der Waals surface area contributed by atoms with E-state index in [2.05, 4.69) is 22.1 Å². The Bertz CT molecular complexity index is 911. The standard InChI is InChI=1S/C20H20Cl2N4O/c1-2-5-15-11-19(25-24-15)20(27)26(13-16-6-3-4-9-23-16)12-14-7-8-17(21)18(22)10-14/h3-4,6-11H,2,5,12-13H2,1H3,(H,24,25). The van der Waals surface area contributed by atoms with Crippen molar-refractivity contribution in [2.75, 3.05) is 0 Å². The molecule has 7 heteroatoms. The van der Waals surface area contributed by atoms with E-state index < -0.39 is 0 Å². The molecule has 1 N–H and O–H groups in total. The van der Waals surface area contributed by atoms with Crippen molar-refractivity contribution in [1.29, 1.82) is 0 Å². The van der Waals surface area contributed by atoms with E-state index in [1.165, 1.54) is 0 Å². The number of nitrogens with one attached hydrogen (secondary N) is 1. The first-order valence-corrected chi connectivity index (χ1v) is 9.49. The van der Waals surface area contributed by atoms with E-state index in [1.807, 2.05) is 30.3 Å². The van der Waals surface area contributed by atoms with Gasteiger partial charge >= 0.3 is 0 Å². The normalized spacial score (nSPS) is 10.8. The predicted octanol–water partition coefficient (Wildman–Crippen LogP) is 4.91. The molecule has 5 nitrogen and oxygen atoms in total. The number of hydrogen-bond acceptors (Lipinski definition) is 3. The summed E-state index contributed by atoms with van der Waals surface area (Å²) in [6.45, 7) is 2.83. The van der Waals surface area contributed by atoms with Gasteiger partial charge in [-0.15, -0.1) is 0 Å². The molecule has 3 rings (SSSR count). The number of hydrogen-bond donors (Lipinski definition) is 1. The SMILES string of the molecule is CCCc1cc(C(=O)N(Cc2ccc(Cl)c(Cl)c2)Cc2ccccn2)n[nH]1. The molecule has 2 heterocycles. The second-order valence-corrected chi connectivity index (χ2v) is 7.07. The molecule has 1 amide bonds. The molecular formula is C20H20Cl2N4O. The quantitative estimate of drug-likeness (QED) is 0.610. The van der Waals surface area contributed by atoms with Crippen LogP contribution in [-0.2, 0) is 19.5 Å². The number of carbonyl (C=O) groups is 1. The van der Waals surface area contributed by atoms with Crippen LogP contribution in [-0.4, -0.2) is 26.0 Å². The van der Waals surface area contributed by atoms with Crippen LogP contribution in [0.1, 0.15) is 40.8 Å². The Morgan fingerprint density at radius 1 is 1.11 bits per heavy atom. The van der Waals surface area contributed by atoms with E-state index in [-0.39, 0.29) is 5.91 Å². The van der Waals surface area contributed by atoms with Crippen LogP contribution in [0.3, 0.4) is 0 Å². The van der Waals surface area contributed by atoms with Crippen molar-refractivity contribution in [2.24, 2.45) is 0 Å². The van der Waals surface area contributed by atoms with Crippen LogP contribution in [0, 0.1) is 0 Å². The van der Waals surface area contributed by atoms with Gasteiger partial charge in [0.15, 0.2) is 0 Å². The Morgan fingerprint density at radius 3 is 2.67 bits per heavy atom. The lowest BCUT2D eigenvalue weighted by Gasteiger charge is -2.22. The van der Waals surface area contributed by atoms with Crippen molar-refractivity contribution in [3.63, 3.8) is 0 Å². The first-order valence-electron chi connectivity index (χ1n) is 8.74.